The first kappa shape index (κ1) is 32.7. The molecule has 6 rings (SSSR count). The van der Waals surface area contributed by atoms with Crippen LogP contribution in [-0.2, 0) is 17.3 Å². The van der Waals surface area contributed by atoms with Crippen LogP contribution < -0.4 is 10.6 Å². The van der Waals surface area contributed by atoms with Crippen molar-refractivity contribution in [1.82, 2.24) is 15.2 Å². The lowest BCUT2D eigenvalue weighted by molar-refractivity contribution is -0.127. The van der Waals surface area contributed by atoms with E-state index in [9.17, 15) is 18.4 Å². The number of halogens is 2. The maximum atomic E-state index is 13.7. The Morgan fingerprint density at radius 1 is 0.833 bits per heavy atom. The first-order valence-electron chi connectivity index (χ1n) is 16.2. The second-order valence-electron chi connectivity index (χ2n) is 12.2. The van der Waals surface area contributed by atoms with Crippen molar-refractivity contribution in [3.63, 3.8) is 0 Å². The van der Waals surface area contributed by atoms with Gasteiger partial charge in [0.15, 0.2) is 0 Å². The molecule has 1 saturated heterocycles. The van der Waals surface area contributed by atoms with Gasteiger partial charge in [-0.1, -0.05) is 91.0 Å². The molecule has 6 nitrogen and oxygen atoms in total. The van der Waals surface area contributed by atoms with E-state index in [1.807, 2.05) is 72.8 Å². The van der Waals surface area contributed by atoms with Crippen molar-refractivity contribution >= 4 is 17.5 Å². The fourth-order valence-electron chi connectivity index (χ4n) is 6.34. The predicted octanol–water partition coefficient (Wildman–Crippen LogP) is 8.35. The van der Waals surface area contributed by atoms with Crippen molar-refractivity contribution in [3.05, 3.63) is 155 Å². The Morgan fingerprint density at radius 3 is 2.17 bits per heavy atom. The Labute approximate surface area is 279 Å². The zero-order valence-electron chi connectivity index (χ0n) is 26.8. The third-order valence-corrected chi connectivity index (χ3v) is 8.94. The molecule has 4 aromatic carbocycles. The average Bonchev–Trinajstić information content (AvgIpc) is 3.12. The van der Waals surface area contributed by atoms with Crippen LogP contribution in [0, 0.1) is 0 Å². The van der Waals surface area contributed by atoms with Crippen LogP contribution in [0.1, 0.15) is 64.5 Å². The molecule has 2 N–H and O–H groups in total. The highest BCUT2D eigenvalue weighted by Gasteiger charge is 2.31. The first-order chi connectivity index (χ1) is 23.3. The molecule has 8 heteroatoms. The Morgan fingerprint density at radius 2 is 1.50 bits per heavy atom. The normalized spacial score (nSPS) is 14.6. The number of hydrogen-bond donors (Lipinski definition) is 2. The summed E-state index contributed by atoms with van der Waals surface area (Å²) in [5, 5.41) is 6.08. The number of aromatic nitrogens is 1. The van der Waals surface area contributed by atoms with E-state index in [4.69, 9.17) is 0 Å². The minimum atomic E-state index is -2.93. The van der Waals surface area contributed by atoms with Crippen LogP contribution in [0.4, 0.5) is 14.5 Å². The van der Waals surface area contributed by atoms with Crippen molar-refractivity contribution in [2.24, 2.45) is 0 Å². The highest BCUT2D eigenvalue weighted by molar-refractivity contribution is 6.08. The van der Waals surface area contributed by atoms with Crippen LogP contribution in [0.25, 0.3) is 11.1 Å². The number of pyridine rings is 1. The average molecular weight is 645 g/mol. The molecule has 5 aromatic rings. The number of nitrogens with zero attached hydrogens (tertiary/aromatic N) is 2. The number of likely N-dealkylation sites (tertiary alicyclic amines) is 1. The number of rotatable bonds is 10. The van der Waals surface area contributed by atoms with Crippen LogP contribution in [0.3, 0.4) is 0 Å². The SMILES string of the molecule is CC(F)(F)c1ccc(-c2ccccc2C(=O)Nc2ccc(C3CCN(C(C(=O)NCc4ccccn4)c4ccccc4)CC3)cc2)cc1. The molecule has 0 bridgehead atoms. The Bertz CT molecular complexity index is 1820. The number of carbonyl (C=O) groups is 2. The number of nitrogens with one attached hydrogen (secondary N) is 2. The summed E-state index contributed by atoms with van der Waals surface area (Å²) in [7, 11) is 0. The van der Waals surface area contributed by atoms with Crippen LogP contribution in [-0.4, -0.2) is 34.8 Å². The van der Waals surface area contributed by atoms with Gasteiger partial charge in [0.2, 0.25) is 5.91 Å². The standard InChI is InChI=1S/C40H38F2N4O2/c1-40(41,42)32-18-14-30(15-19-32)35-12-5-6-13-36(35)38(47)45-33-20-16-28(17-21-33)29-22-25-46(26-23-29)37(31-9-3-2-4-10-31)39(48)44-27-34-11-7-8-24-43-34/h2-21,24,29,37H,22-23,25-27H2,1H3,(H,44,48)(H,45,47). The maximum absolute atomic E-state index is 13.7. The molecule has 0 aliphatic carbocycles. The van der Waals surface area contributed by atoms with Gasteiger partial charge in [-0.2, -0.15) is 0 Å². The molecular formula is C40H38F2N4O2. The number of alkyl halides is 2. The van der Waals surface area contributed by atoms with Gasteiger partial charge in [0.05, 0.1) is 12.2 Å². The molecule has 1 unspecified atom stereocenters. The van der Waals surface area contributed by atoms with E-state index in [1.54, 1.807) is 30.5 Å². The quantitative estimate of drug-likeness (QED) is 0.160. The van der Waals surface area contributed by atoms with E-state index in [0.29, 0.717) is 34.8 Å². The summed E-state index contributed by atoms with van der Waals surface area (Å²) in [6.07, 6.45) is 3.53. The smallest absolute Gasteiger partial charge is 0.270 e. The number of hydrogen-bond acceptors (Lipinski definition) is 4. The van der Waals surface area contributed by atoms with E-state index in [2.05, 4.69) is 32.7 Å². The van der Waals surface area contributed by atoms with Crippen molar-refractivity contribution in [2.75, 3.05) is 18.4 Å². The number of amides is 2. The van der Waals surface area contributed by atoms with E-state index in [-0.39, 0.29) is 23.4 Å². The topological polar surface area (TPSA) is 74.3 Å². The van der Waals surface area contributed by atoms with Gasteiger partial charge < -0.3 is 10.6 Å². The number of piperidine rings is 1. The largest absolute Gasteiger partial charge is 0.349 e. The molecule has 1 aliphatic heterocycles. The minimum Gasteiger partial charge on any atom is -0.349 e. The summed E-state index contributed by atoms with van der Waals surface area (Å²) < 4.78 is 27.4. The lowest BCUT2D eigenvalue weighted by Gasteiger charge is -2.37. The molecular weight excluding hydrogens is 606 g/mol. The highest BCUT2D eigenvalue weighted by atomic mass is 19.3. The van der Waals surface area contributed by atoms with E-state index in [0.717, 1.165) is 44.1 Å². The molecule has 0 spiro atoms. The summed E-state index contributed by atoms with van der Waals surface area (Å²) in [4.78, 5) is 33.4. The summed E-state index contributed by atoms with van der Waals surface area (Å²) in [5.74, 6) is -2.91. The predicted molar refractivity (Wildman–Crippen MR) is 185 cm³/mol. The summed E-state index contributed by atoms with van der Waals surface area (Å²) in [6, 6.07) is 36.3. The summed E-state index contributed by atoms with van der Waals surface area (Å²) in [6.45, 7) is 2.79. The maximum Gasteiger partial charge on any atom is 0.270 e. The molecule has 2 heterocycles. The van der Waals surface area contributed by atoms with Crippen LogP contribution in [0.2, 0.25) is 0 Å². The second kappa shape index (κ2) is 14.7. The zero-order chi connectivity index (χ0) is 33.5. The van der Waals surface area contributed by atoms with Gasteiger partial charge in [0, 0.05) is 29.9 Å². The number of anilines is 1. The fourth-order valence-corrected chi connectivity index (χ4v) is 6.34. The van der Waals surface area contributed by atoms with E-state index >= 15 is 0 Å². The van der Waals surface area contributed by atoms with Gasteiger partial charge in [0.25, 0.3) is 11.8 Å². The first-order valence-corrected chi connectivity index (χ1v) is 16.2. The van der Waals surface area contributed by atoms with Crippen LogP contribution >= 0.6 is 0 Å². The molecule has 244 valence electrons. The van der Waals surface area contributed by atoms with Gasteiger partial charge in [-0.15, -0.1) is 0 Å². The monoisotopic (exact) mass is 644 g/mol. The van der Waals surface area contributed by atoms with Crippen molar-refractivity contribution in [2.45, 2.75) is 44.2 Å². The fraction of sp³-hybridized carbons (Fsp3) is 0.225. The molecule has 48 heavy (non-hydrogen) atoms. The molecule has 2 amide bonds. The van der Waals surface area contributed by atoms with E-state index in [1.165, 1.54) is 17.7 Å². The molecule has 0 radical (unpaired) electrons. The Hall–Kier alpha value is -5.21. The van der Waals surface area contributed by atoms with Crippen LogP contribution in [0.5, 0.6) is 0 Å². The second-order valence-corrected chi connectivity index (χ2v) is 12.2. The minimum absolute atomic E-state index is 0.0357. The van der Waals surface area contributed by atoms with Gasteiger partial charge in [-0.25, -0.2) is 8.78 Å². The summed E-state index contributed by atoms with van der Waals surface area (Å²) >= 11 is 0. The summed E-state index contributed by atoms with van der Waals surface area (Å²) in [5.41, 5.74) is 5.40. The highest BCUT2D eigenvalue weighted by Crippen LogP contribution is 2.34. The van der Waals surface area contributed by atoms with Crippen molar-refractivity contribution in [3.8, 4) is 11.1 Å². The van der Waals surface area contributed by atoms with Crippen LogP contribution in [0.15, 0.2) is 128 Å². The van der Waals surface area contributed by atoms with Gasteiger partial charge in [-0.05, 0) is 84.4 Å². The van der Waals surface area contributed by atoms with Gasteiger partial charge in [-0.3, -0.25) is 19.5 Å². The third kappa shape index (κ3) is 7.83. The van der Waals surface area contributed by atoms with Crippen molar-refractivity contribution < 1.29 is 18.4 Å². The number of benzene rings is 4. The molecule has 1 aromatic heterocycles. The Balaban J connectivity index is 1.08. The molecule has 0 saturated carbocycles. The number of carbonyl (C=O) groups excluding carboxylic acids is 2. The van der Waals surface area contributed by atoms with E-state index < -0.39 is 5.92 Å². The zero-order valence-corrected chi connectivity index (χ0v) is 26.8. The molecule has 1 aliphatic rings. The Kier molecular flexibility index (Phi) is 10.0. The lowest BCUT2D eigenvalue weighted by atomic mass is 9.88. The third-order valence-electron chi connectivity index (χ3n) is 8.94. The van der Waals surface area contributed by atoms with Crippen molar-refractivity contribution in [1.29, 1.82) is 0 Å². The van der Waals surface area contributed by atoms with Gasteiger partial charge in [0.1, 0.15) is 6.04 Å². The molecule has 1 atom stereocenters. The van der Waals surface area contributed by atoms with Gasteiger partial charge >= 0.3 is 0 Å². The lowest BCUT2D eigenvalue weighted by Crippen LogP contribution is -2.44. The molecule has 1 fully saturated rings.